The Kier molecular flexibility index (Phi) is 3.96. The monoisotopic (exact) mass is 222 g/mol. The number of H-pyrrole nitrogens is 1. The highest BCUT2D eigenvalue weighted by Gasteiger charge is 2.24. The van der Waals surface area contributed by atoms with Crippen LogP contribution in [0.15, 0.2) is 6.33 Å². The summed E-state index contributed by atoms with van der Waals surface area (Å²) in [5.74, 6) is 0. The van der Waals surface area contributed by atoms with E-state index in [0.717, 1.165) is 6.54 Å². The highest BCUT2D eigenvalue weighted by Crippen LogP contribution is 2.24. The van der Waals surface area contributed by atoms with Crippen LogP contribution in [0.2, 0.25) is 0 Å². The summed E-state index contributed by atoms with van der Waals surface area (Å²) in [7, 11) is 2.01. The molecule has 0 bridgehead atoms. The molecule has 90 valence electrons. The molecule has 0 amide bonds. The van der Waals surface area contributed by atoms with Gasteiger partial charge in [-0.25, -0.2) is 4.98 Å². The first-order valence-corrected chi connectivity index (χ1v) is 6.21. The quantitative estimate of drug-likeness (QED) is 0.810. The SMILES string of the molecule is CNCC(c1nc[nH]c1C)N1CCCCC1. The number of nitrogens with one attached hydrogen (secondary N) is 2. The van der Waals surface area contributed by atoms with Crippen LogP contribution in [0.25, 0.3) is 0 Å². The van der Waals surface area contributed by atoms with Gasteiger partial charge in [0.1, 0.15) is 0 Å². The molecule has 2 heterocycles. The second-order valence-electron chi connectivity index (χ2n) is 4.58. The number of piperidine rings is 1. The third-order valence-electron chi connectivity index (χ3n) is 3.41. The van der Waals surface area contributed by atoms with Crippen LogP contribution < -0.4 is 5.32 Å². The second-order valence-corrected chi connectivity index (χ2v) is 4.58. The molecule has 1 atom stereocenters. The van der Waals surface area contributed by atoms with Gasteiger partial charge < -0.3 is 10.3 Å². The predicted octanol–water partition coefficient (Wildman–Crippen LogP) is 1.46. The van der Waals surface area contributed by atoms with Gasteiger partial charge >= 0.3 is 0 Å². The van der Waals surface area contributed by atoms with Gasteiger partial charge in [-0.15, -0.1) is 0 Å². The minimum absolute atomic E-state index is 0.427. The minimum Gasteiger partial charge on any atom is -0.348 e. The Labute approximate surface area is 97.4 Å². The second kappa shape index (κ2) is 5.46. The molecular formula is C12H22N4. The first-order chi connectivity index (χ1) is 7.83. The van der Waals surface area contributed by atoms with Crippen LogP contribution in [0.1, 0.15) is 36.7 Å². The normalized spacial score (nSPS) is 19.9. The summed E-state index contributed by atoms with van der Waals surface area (Å²) in [5, 5.41) is 3.29. The smallest absolute Gasteiger partial charge is 0.0925 e. The van der Waals surface area contributed by atoms with E-state index in [4.69, 9.17) is 0 Å². The molecule has 1 unspecified atom stereocenters. The van der Waals surface area contributed by atoms with Crippen LogP contribution in [0.5, 0.6) is 0 Å². The standard InChI is InChI=1S/C12H22N4/c1-10-12(15-9-14-10)11(8-13-2)16-6-4-3-5-7-16/h9,11,13H,3-8H2,1-2H3,(H,14,15). The van der Waals surface area contributed by atoms with Crippen molar-refractivity contribution in [2.75, 3.05) is 26.7 Å². The number of hydrogen-bond acceptors (Lipinski definition) is 3. The van der Waals surface area contributed by atoms with E-state index in [1.165, 1.54) is 43.7 Å². The molecule has 2 rings (SSSR count). The topological polar surface area (TPSA) is 44.0 Å². The summed E-state index contributed by atoms with van der Waals surface area (Å²) in [6.07, 6.45) is 5.83. The number of imidazole rings is 1. The number of aromatic nitrogens is 2. The van der Waals surface area contributed by atoms with Crippen molar-refractivity contribution in [2.24, 2.45) is 0 Å². The highest BCUT2D eigenvalue weighted by atomic mass is 15.2. The van der Waals surface area contributed by atoms with Crippen molar-refractivity contribution in [1.29, 1.82) is 0 Å². The fraction of sp³-hybridized carbons (Fsp3) is 0.750. The maximum Gasteiger partial charge on any atom is 0.0925 e. The number of nitrogens with zero attached hydrogens (tertiary/aromatic N) is 2. The zero-order chi connectivity index (χ0) is 11.4. The number of aryl methyl sites for hydroxylation is 1. The first-order valence-electron chi connectivity index (χ1n) is 6.21. The zero-order valence-electron chi connectivity index (χ0n) is 10.3. The molecule has 1 saturated heterocycles. The summed E-state index contributed by atoms with van der Waals surface area (Å²) < 4.78 is 0. The molecular weight excluding hydrogens is 200 g/mol. The van der Waals surface area contributed by atoms with E-state index in [-0.39, 0.29) is 0 Å². The average Bonchev–Trinajstić information content (AvgIpc) is 2.73. The predicted molar refractivity (Wildman–Crippen MR) is 65.4 cm³/mol. The zero-order valence-corrected chi connectivity index (χ0v) is 10.3. The van der Waals surface area contributed by atoms with Gasteiger partial charge in [-0.2, -0.15) is 0 Å². The van der Waals surface area contributed by atoms with Crippen molar-refractivity contribution in [2.45, 2.75) is 32.2 Å². The van der Waals surface area contributed by atoms with Crippen LogP contribution in [-0.2, 0) is 0 Å². The van der Waals surface area contributed by atoms with Gasteiger partial charge in [-0.1, -0.05) is 6.42 Å². The number of hydrogen-bond donors (Lipinski definition) is 2. The largest absolute Gasteiger partial charge is 0.348 e. The van der Waals surface area contributed by atoms with E-state index in [9.17, 15) is 0 Å². The molecule has 0 saturated carbocycles. The Morgan fingerprint density at radius 3 is 2.75 bits per heavy atom. The Bertz CT molecular complexity index is 315. The van der Waals surface area contributed by atoms with E-state index in [1.54, 1.807) is 6.33 Å². The van der Waals surface area contributed by atoms with Crippen LogP contribution in [-0.4, -0.2) is 41.5 Å². The molecule has 0 aliphatic carbocycles. The fourth-order valence-corrected chi connectivity index (χ4v) is 2.53. The van der Waals surface area contributed by atoms with Crippen molar-refractivity contribution < 1.29 is 0 Å². The lowest BCUT2D eigenvalue weighted by atomic mass is 10.1. The lowest BCUT2D eigenvalue weighted by molar-refractivity contribution is 0.159. The Morgan fingerprint density at radius 1 is 1.44 bits per heavy atom. The van der Waals surface area contributed by atoms with Crippen LogP contribution in [0.4, 0.5) is 0 Å². The molecule has 1 aromatic heterocycles. The van der Waals surface area contributed by atoms with Gasteiger partial charge in [0.15, 0.2) is 0 Å². The van der Waals surface area contributed by atoms with Crippen LogP contribution in [0, 0.1) is 6.92 Å². The van der Waals surface area contributed by atoms with Gasteiger partial charge in [0.2, 0.25) is 0 Å². The Hall–Kier alpha value is -0.870. The summed E-state index contributed by atoms with van der Waals surface area (Å²) in [5.41, 5.74) is 2.40. The summed E-state index contributed by atoms with van der Waals surface area (Å²) in [4.78, 5) is 10.2. The molecule has 1 fully saturated rings. The molecule has 0 aromatic carbocycles. The molecule has 2 N–H and O–H groups in total. The molecule has 0 spiro atoms. The lowest BCUT2D eigenvalue weighted by Gasteiger charge is -2.34. The van der Waals surface area contributed by atoms with Gasteiger partial charge in [0.05, 0.1) is 18.1 Å². The van der Waals surface area contributed by atoms with Gasteiger partial charge in [0.25, 0.3) is 0 Å². The van der Waals surface area contributed by atoms with E-state index >= 15 is 0 Å². The number of likely N-dealkylation sites (N-methyl/N-ethyl adjacent to an activating group) is 1. The van der Waals surface area contributed by atoms with Crippen molar-refractivity contribution in [3.8, 4) is 0 Å². The minimum atomic E-state index is 0.427. The maximum atomic E-state index is 4.47. The third-order valence-corrected chi connectivity index (χ3v) is 3.41. The van der Waals surface area contributed by atoms with E-state index in [2.05, 4.69) is 27.1 Å². The van der Waals surface area contributed by atoms with Crippen LogP contribution >= 0.6 is 0 Å². The third kappa shape index (κ3) is 2.44. The average molecular weight is 222 g/mol. The van der Waals surface area contributed by atoms with Gasteiger partial charge in [0, 0.05) is 12.2 Å². The lowest BCUT2D eigenvalue weighted by Crippen LogP contribution is -2.38. The Balaban J connectivity index is 2.12. The van der Waals surface area contributed by atoms with Gasteiger partial charge in [-0.05, 0) is 39.9 Å². The summed E-state index contributed by atoms with van der Waals surface area (Å²) >= 11 is 0. The van der Waals surface area contributed by atoms with Gasteiger partial charge in [-0.3, -0.25) is 4.90 Å². The van der Waals surface area contributed by atoms with E-state index in [0.29, 0.717) is 6.04 Å². The molecule has 16 heavy (non-hydrogen) atoms. The molecule has 1 aromatic rings. The van der Waals surface area contributed by atoms with Crippen molar-refractivity contribution >= 4 is 0 Å². The molecule has 4 nitrogen and oxygen atoms in total. The Morgan fingerprint density at radius 2 is 2.19 bits per heavy atom. The highest BCUT2D eigenvalue weighted by molar-refractivity contribution is 5.14. The molecule has 1 aliphatic heterocycles. The fourth-order valence-electron chi connectivity index (χ4n) is 2.53. The van der Waals surface area contributed by atoms with Crippen molar-refractivity contribution in [3.05, 3.63) is 17.7 Å². The van der Waals surface area contributed by atoms with E-state index < -0.39 is 0 Å². The molecule has 4 heteroatoms. The van der Waals surface area contributed by atoms with Crippen molar-refractivity contribution in [1.82, 2.24) is 20.2 Å². The maximum absolute atomic E-state index is 4.47. The van der Waals surface area contributed by atoms with Crippen molar-refractivity contribution in [3.63, 3.8) is 0 Å². The molecule has 0 radical (unpaired) electrons. The van der Waals surface area contributed by atoms with E-state index in [1.807, 2.05) is 7.05 Å². The summed E-state index contributed by atoms with van der Waals surface area (Å²) in [6, 6.07) is 0.427. The molecule has 1 aliphatic rings. The number of aromatic amines is 1. The number of likely N-dealkylation sites (tertiary alicyclic amines) is 1. The number of rotatable bonds is 4. The van der Waals surface area contributed by atoms with Crippen LogP contribution in [0.3, 0.4) is 0 Å². The summed E-state index contributed by atoms with van der Waals surface area (Å²) in [6.45, 7) is 5.50. The first kappa shape index (κ1) is 11.6.